The molecule has 3 unspecified atom stereocenters. The number of likely N-dealkylation sites (tertiary alicyclic amines) is 1. The molecule has 1 amide bonds. The molecule has 1 aliphatic heterocycles. The van der Waals surface area contributed by atoms with Crippen molar-refractivity contribution >= 4 is 16.9 Å². The highest BCUT2D eigenvalue weighted by molar-refractivity contribution is 7.84. The third kappa shape index (κ3) is 6.22. The number of nitrogens with one attached hydrogen (secondary N) is 1. The number of amides is 1. The van der Waals surface area contributed by atoms with E-state index in [2.05, 4.69) is 5.32 Å². The number of carbonyl (C=O) groups is 1. The van der Waals surface area contributed by atoms with Gasteiger partial charge in [-0.2, -0.15) is 0 Å². The number of hydrogen-bond donors (Lipinski definition) is 1. The molecule has 0 saturated carbocycles. The fourth-order valence-electron chi connectivity index (χ4n) is 2.09. The first-order chi connectivity index (χ1) is 9.19. The summed E-state index contributed by atoms with van der Waals surface area (Å²) in [5, 5.41) is 3.54. The van der Waals surface area contributed by atoms with Crippen LogP contribution in [0.25, 0.3) is 0 Å². The van der Waals surface area contributed by atoms with Gasteiger partial charge in [0.15, 0.2) is 0 Å². The zero-order valence-corrected chi connectivity index (χ0v) is 14.1. The maximum Gasteiger partial charge on any atom is 0.410 e. The van der Waals surface area contributed by atoms with Crippen LogP contribution in [-0.2, 0) is 15.5 Å². The summed E-state index contributed by atoms with van der Waals surface area (Å²) in [6.45, 7) is 9.74. The second-order valence-electron chi connectivity index (χ2n) is 6.48. The number of nitrogens with zero attached hydrogens (tertiary/aromatic N) is 1. The van der Waals surface area contributed by atoms with Crippen LogP contribution in [0.5, 0.6) is 0 Å². The van der Waals surface area contributed by atoms with Gasteiger partial charge in [0.05, 0.1) is 0 Å². The first kappa shape index (κ1) is 17.4. The van der Waals surface area contributed by atoms with E-state index in [0.29, 0.717) is 6.54 Å². The van der Waals surface area contributed by atoms with Crippen LogP contribution in [-0.4, -0.2) is 58.0 Å². The third-order valence-corrected chi connectivity index (χ3v) is 4.63. The Balaban J connectivity index is 2.42. The molecule has 0 aliphatic carbocycles. The van der Waals surface area contributed by atoms with E-state index in [4.69, 9.17) is 4.74 Å². The van der Waals surface area contributed by atoms with Gasteiger partial charge in [-0.25, -0.2) is 4.79 Å². The molecule has 1 aliphatic rings. The van der Waals surface area contributed by atoms with E-state index < -0.39 is 16.4 Å². The number of ether oxygens (including phenoxy) is 1. The molecule has 3 atom stereocenters. The van der Waals surface area contributed by atoms with Crippen molar-refractivity contribution < 1.29 is 13.7 Å². The number of piperidine rings is 1. The molecule has 0 bridgehead atoms. The maximum atomic E-state index is 12.0. The predicted octanol–water partition coefficient (Wildman–Crippen LogP) is 1.74. The quantitative estimate of drug-likeness (QED) is 0.859. The number of carbonyl (C=O) groups excluding carboxylic acids is 1. The molecule has 1 N–H and O–H groups in total. The first-order valence-corrected chi connectivity index (χ1v) is 8.84. The molecule has 0 aromatic carbocycles. The maximum absolute atomic E-state index is 12.0. The lowest BCUT2D eigenvalue weighted by Gasteiger charge is -2.34. The molecule has 1 fully saturated rings. The second kappa shape index (κ2) is 7.41. The summed E-state index contributed by atoms with van der Waals surface area (Å²) in [5.74, 6) is 0. The number of rotatable bonds is 4. The fourth-order valence-corrected chi connectivity index (χ4v) is 2.42. The molecule has 1 saturated heterocycles. The average Bonchev–Trinajstić information content (AvgIpc) is 2.34. The molecule has 0 aromatic heterocycles. The second-order valence-corrected chi connectivity index (χ2v) is 8.28. The van der Waals surface area contributed by atoms with Crippen molar-refractivity contribution in [3.8, 4) is 0 Å². The summed E-state index contributed by atoms with van der Waals surface area (Å²) < 4.78 is 16.7. The average molecular weight is 304 g/mol. The van der Waals surface area contributed by atoms with E-state index in [1.54, 1.807) is 11.2 Å². The van der Waals surface area contributed by atoms with Crippen molar-refractivity contribution in [1.82, 2.24) is 10.2 Å². The molecule has 5 nitrogen and oxygen atoms in total. The summed E-state index contributed by atoms with van der Waals surface area (Å²) in [6.07, 6.45) is 3.50. The van der Waals surface area contributed by atoms with Crippen molar-refractivity contribution in [2.45, 2.75) is 57.4 Å². The van der Waals surface area contributed by atoms with Gasteiger partial charge in [0.25, 0.3) is 0 Å². The van der Waals surface area contributed by atoms with Crippen LogP contribution in [0, 0.1) is 0 Å². The Hall–Kier alpha value is -0.620. The molecule has 118 valence electrons. The Morgan fingerprint density at radius 1 is 1.50 bits per heavy atom. The van der Waals surface area contributed by atoms with E-state index >= 15 is 0 Å². The monoisotopic (exact) mass is 304 g/mol. The lowest BCUT2D eigenvalue weighted by atomic mass is 10.1. The highest BCUT2D eigenvalue weighted by atomic mass is 32.2. The standard InChI is InChI=1S/C14H28N2O3S/c1-11(20(5)18)9-15-12-7-6-8-16(10-12)13(17)19-14(2,3)4/h11-12,15H,6-10H2,1-5H3. The number of hydrogen-bond acceptors (Lipinski definition) is 4. The van der Waals surface area contributed by atoms with Crippen LogP contribution in [0.1, 0.15) is 40.5 Å². The minimum absolute atomic E-state index is 0.131. The SMILES string of the molecule is CC(CNC1CCCN(C(=O)OC(C)(C)C)C1)S(C)=O. The molecular formula is C14H28N2O3S. The van der Waals surface area contributed by atoms with Gasteiger partial charge in [0.2, 0.25) is 0 Å². The molecule has 6 heteroatoms. The van der Waals surface area contributed by atoms with E-state index in [1.165, 1.54) is 0 Å². The predicted molar refractivity (Wildman–Crippen MR) is 82.4 cm³/mol. The minimum Gasteiger partial charge on any atom is -0.444 e. The van der Waals surface area contributed by atoms with Gasteiger partial charge in [0.1, 0.15) is 5.60 Å². The van der Waals surface area contributed by atoms with Gasteiger partial charge in [-0.15, -0.1) is 0 Å². The highest BCUT2D eigenvalue weighted by Gasteiger charge is 2.27. The Kier molecular flexibility index (Phi) is 6.45. The highest BCUT2D eigenvalue weighted by Crippen LogP contribution is 2.15. The Morgan fingerprint density at radius 3 is 2.70 bits per heavy atom. The molecule has 20 heavy (non-hydrogen) atoms. The van der Waals surface area contributed by atoms with E-state index in [1.807, 2.05) is 27.7 Å². The van der Waals surface area contributed by atoms with Gasteiger partial charge in [-0.05, 0) is 40.5 Å². The van der Waals surface area contributed by atoms with Crippen molar-refractivity contribution in [2.24, 2.45) is 0 Å². The van der Waals surface area contributed by atoms with E-state index in [9.17, 15) is 9.00 Å². The van der Waals surface area contributed by atoms with Gasteiger partial charge in [-0.3, -0.25) is 4.21 Å². The van der Waals surface area contributed by atoms with E-state index in [0.717, 1.165) is 25.9 Å². The lowest BCUT2D eigenvalue weighted by Crippen LogP contribution is -2.50. The topological polar surface area (TPSA) is 58.6 Å². The smallest absolute Gasteiger partial charge is 0.410 e. The van der Waals surface area contributed by atoms with Crippen LogP contribution in [0.15, 0.2) is 0 Å². The van der Waals surface area contributed by atoms with Crippen molar-refractivity contribution in [3.63, 3.8) is 0 Å². The van der Waals surface area contributed by atoms with Crippen LogP contribution in [0.4, 0.5) is 4.79 Å². The summed E-state index contributed by atoms with van der Waals surface area (Å²) >= 11 is 0. The fraction of sp³-hybridized carbons (Fsp3) is 0.929. The Bertz CT molecular complexity index is 355. The van der Waals surface area contributed by atoms with Crippen molar-refractivity contribution in [1.29, 1.82) is 0 Å². The van der Waals surface area contributed by atoms with Gasteiger partial charge in [0, 0.05) is 48.0 Å². The first-order valence-electron chi connectivity index (χ1n) is 7.22. The Labute approximate surface area is 124 Å². The van der Waals surface area contributed by atoms with Crippen LogP contribution < -0.4 is 5.32 Å². The molecule has 0 radical (unpaired) electrons. The molecular weight excluding hydrogens is 276 g/mol. The summed E-state index contributed by atoms with van der Waals surface area (Å²) in [4.78, 5) is 13.8. The normalized spacial score (nSPS) is 23.2. The lowest BCUT2D eigenvalue weighted by molar-refractivity contribution is 0.0188. The van der Waals surface area contributed by atoms with Crippen LogP contribution in [0.2, 0.25) is 0 Å². The van der Waals surface area contributed by atoms with Crippen molar-refractivity contribution in [3.05, 3.63) is 0 Å². The van der Waals surface area contributed by atoms with Gasteiger partial charge in [-0.1, -0.05) is 0 Å². The molecule has 1 heterocycles. The minimum atomic E-state index is -0.813. The van der Waals surface area contributed by atoms with E-state index in [-0.39, 0.29) is 17.4 Å². The third-order valence-electron chi connectivity index (χ3n) is 3.33. The summed E-state index contributed by atoms with van der Waals surface area (Å²) in [5.41, 5.74) is -0.453. The Morgan fingerprint density at radius 2 is 2.15 bits per heavy atom. The molecule has 0 spiro atoms. The van der Waals surface area contributed by atoms with Gasteiger partial charge >= 0.3 is 6.09 Å². The summed E-state index contributed by atoms with van der Waals surface area (Å²) in [7, 11) is -0.813. The van der Waals surface area contributed by atoms with Crippen LogP contribution in [0.3, 0.4) is 0 Å². The van der Waals surface area contributed by atoms with Gasteiger partial charge < -0.3 is 15.0 Å². The van der Waals surface area contributed by atoms with Crippen molar-refractivity contribution in [2.75, 3.05) is 25.9 Å². The zero-order valence-electron chi connectivity index (χ0n) is 13.3. The molecule has 1 rings (SSSR count). The zero-order chi connectivity index (χ0) is 15.3. The summed E-state index contributed by atoms with van der Waals surface area (Å²) in [6, 6.07) is 0.266. The molecule has 0 aromatic rings. The largest absolute Gasteiger partial charge is 0.444 e. The van der Waals surface area contributed by atoms with Crippen LogP contribution >= 0.6 is 0 Å².